The van der Waals surface area contributed by atoms with E-state index in [0.29, 0.717) is 30.8 Å². The number of aryl methyl sites for hydroxylation is 1. The molecule has 1 aromatic carbocycles. The van der Waals surface area contributed by atoms with Crippen LogP contribution in [0.4, 0.5) is 14.9 Å². The van der Waals surface area contributed by atoms with Crippen molar-refractivity contribution in [3.05, 3.63) is 42.0 Å². The molecular formula is C22H30FN5O4. The summed E-state index contributed by atoms with van der Waals surface area (Å²) in [6, 6.07) is 4.74. The fraction of sp³-hybridized carbons (Fsp3) is 0.591. The highest BCUT2D eigenvalue weighted by Gasteiger charge is 2.36. The first-order valence-corrected chi connectivity index (χ1v) is 11.2. The Labute approximate surface area is 186 Å². The summed E-state index contributed by atoms with van der Waals surface area (Å²) in [4.78, 5) is 12.3. The largest absolute Gasteiger partial charge is 0.394 e. The van der Waals surface area contributed by atoms with E-state index < -0.39 is 17.7 Å². The van der Waals surface area contributed by atoms with Gasteiger partial charge in [0.25, 0.3) is 0 Å². The molecule has 2 fully saturated rings. The quantitative estimate of drug-likeness (QED) is 0.517. The molecule has 2 heterocycles. The first kappa shape index (κ1) is 22.6. The molecule has 2 amide bonds. The SMILES string of the molecule is O=C(Nc1ccc(F)cc1)N[C@H]1CC[C@H](CCn2cc(C3(O)CCCC3)nn2)O[C@@H]1CO. The molecule has 0 spiro atoms. The van der Waals surface area contributed by atoms with E-state index in [-0.39, 0.29) is 24.6 Å². The molecule has 1 aliphatic carbocycles. The van der Waals surface area contributed by atoms with Crippen LogP contribution >= 0.6 is 0 Å². The van der Waals surface area contributed by atoms with Gasteiger partial charge in [-0.2, -0.15) is 0 Å². The number of aliphatic hydroxyl groups excluding tert-OH is 1. The number of halogens is 1. The van der Waals surface area contributed by atoms with Crippen LogP contribution in [0, 0.1) is 5.82 Å². The number of carbonyl (C=O) groups is 1. The van der Waals surface area contributed by atoms with Gasteiger partial charge in [-0.15, -0.1) is 5.10 Å². The number of nitrogens with zero attached hydrogens (tertiary/aromatic N) is 3. The van der Waals surface area contributed by atoms with Gasteiger partial charge in [-0.25, -0.2) is 9.18 Å². The van der Waals surface area contributed by atoms with Crippen LogP contribution in [0.2, 0.25) is 0 Å². The average Bonchev–Trinajstić information content (AvgIpc) is 3.45. The number of carbonyl (C=O) groups excluding carboxylic acids is 1. The first-order valence-electron chi connectivity index (χ1n) is 11.2. The zero-order chi connectivity index (χ0) is 22.6. The molecule has 1 saturated heterocycles. The summed E-state index contributed by atoms with van der Waals surface area (Å²) in [6.45, 7) is 0.382. The number of nitrogens with one attached hydrogen (secondary N) is 2. The standard InChI is InChI=1S/C22H30FN5O4/c23-15-3-5-16(6-4-15)24-21(30)25-18-8-7-17(32-19(18)14-29)9-12-28-13-20(26-27-28)22(31)10-1-2-11-22/h3-6,13,17-19,29,31H,1-2,7-12,14H2,(H2,24,25,30)/t17-,18+,19-/m1/s1. The van der Waals surface area contributed by atoms with E-state index in [4.69, 9.17) is 4.74 Å². The molecule has 1 saturated carbocycles. The molecule has 174 valence electrons. The Bertz CT molecular complexity index is 900. The third-order valence-electron chi connectivity index (χ3n) is 6.34. The lowest BCUT2D eigenvalue weighted by Gasteiger charge is -2.36. The lowest BCUT2D eigenvalue weighted by Crippen LogP contribution is -2.52. The number of ether oxygens (including phenoxy) is 1. The first-order chi connectivity index (χ1) is 15.4. The minimum absolute atomic E-state index is 0.0763. The van der Waals surface area contributed by atoms with E-state index in [1.165, 1.54) is 24.3 Å². The summed E-state index contributed by atoms with van der Waals surface area (Å²) in [6.07, 6.45) is 6.73. The van der Waals surface area contributed by atoms with Crippen LogP contribution in [0.3, 0.4) is 0 Å². The van der Waals surface area contributed by atoms with E-state index in [1.807, 2.05) is 6.20 Å². The Hall–Kier alpha value is -2.56. The Morgan fingerprint density at radius 2 is 2.00 bits per heavy atom. The van der Waals surface area contributed by atoms with Crippen molar-refractivity contribution in [1.29, 1.82) is 0 Å². The maximum absolute atomic E-state index is 13.0. The summed E-state index contributed by atoms with van der Waals surface area (Å²) in [5, 5.41) is 34.2. The zero-order valence-corrected chi connectivity index (χ0v) is 17.9. The number of anilines is 1. The number of urea groups is 1. The summed E-state index contributed by atoms with van der Waals surface area (Å²) in [5.41, 5.74) is 0.257. The van der Waals surface area contributed by atoms with E-state index in [1.54, 1.807) is 4.68 Å². The van der Waals surface area contributed by atoms with Gasteiger partial charge in [0.1, 0.15) is 23.2 Å². The summed E-state index contributed by atoms with van der Waals surface area (Å²) in [5.74, 6) is -0.375. The Kier molecular flexibility index (Phi) is 7.02. The summed E-state index contributed by atoms with van der Waals surface area (Å²) >= 11 is 0. The third kappa shape index (κ3) is 5.43. The zero-order valence-electron chi connectivity index (χ0n) is 17.9. The van der Waals surface area contributed by atoms with Gasteiger partial charge in [0.15, 0.2) is 0 Å². The number of amides is 2. The van der Waals surface area contributed by atoms with Gasteiger partial charge in [0.05, 0.1) is 24.9 Å². The van der Waals surface area contributed by atoms with E-state index in [2.05, 4.69) is 20.9 Å². The second-order valence-electron chi connectivity index (χ2n) is 8.66. The van der Waals surface area contributed by atoms with Crippen LogP contribution in [-0.2, 0) is 16.9 Å². The van der Waals surface area contributed by atoms with Crippen LogP contribution in [0.15, 0.2) is 30.5 Å². The number of hydrogen-bond donors (Lipinski definition) is 4. The van der Waals surface area contributed by atoms with Crippen LogP contribution in [0.5, 0.6) is 0 Å². The molecule has 2 aliphatic rings. The highest BCUT2D eigenvalue weighted by Crippen LogP contribution is 2.37. The fourth-order valence-corrected chi connectivity index (χ4v) is 4.49. The maximum Gasteiger partial charge on any atom is 0.319 e. The van der Waals surface area contributed by atoms with Crippen LogP contribution in [-0.4, -0.2) is 56.1 Å². The predicted octanol–water partition coefficient (Wildman–Crippen LogP) is 2.30. The molecule has 0 bridgehead atoms. The van der Waals surface area contributed by atoms with Crippen molar-refractivity contribution in [2.24, 2.45) is 0 Å². The lowest BCUT2D eigenvalue weighted by molar-refractivity contribution is -0.0905. The average molecular weight is 448 g/mol. The second kappa shape index (κ2) is 9.93. The van der Waals surface area contributed by atoms with Gasteiger partial charge in [-0.1, -0.05) is 18.1 Å². The van der Waals surface area contributed by atoms with Crippen molar-refractivity contribution in [2.45, 2.75) is 75.3 Å². The molecular weight excluding hydrogens is 417 g/mol. The van der Waals surface area contributed by atoms with Crippen molar-refractivity contribution in [2.75, 3.05) is 11.9 Å². The molecule has 1 aliphatic heterocycles. The van der Waals surface area contributed by atoms with Gasteiger partial charge in [0, 0.05) is 12.2 Å². The van der Waals surface area contributed by atoms with Gasteiger partial charge in [-0.3, -0.25) is 4.68 Å². The highest BCUT2D eigenvalue weighted by molar-refractivity contribution is 5.89. The molecule has 2 aromatic rings. The molecule has 10 heteroatoms. The van der Waals surface area contributed by atoms with E-state index in [9.17, 15) is 19.4 Å². The van der Waals surface area contributed by atoms with Crippen LogP contribution < -0.4 is 10.6 Å². The number of benzene rings is 1. The topological polar surface area (TPSA) is 122 Å². The number of aromatic nitrogens is 3. The summed E-state index contributed by atoms with van der Waals surface area (Å²) in [7, 11) is 0. The number of aliphatic hydroxyl groups is 2. The van der Waals surface area contributed by atoms with E-state index in [0.717, 1.165) is 32.1 Å². The molecule has 9 nitrogen and oxygen atoms in total. The smallest absolute Gasteiger partial charge is 0.319 e. The van der Waals surface area contributed by atoms with Crippen LogP contribution in [0.25, 0.3) is 0 Å². The Morgan fingerprint density at radius 3 is 2.72 bits per heavy atom. The van der Waals surface area contributed by atoms with Gasteiger partial charge in [-0.05, 0) is 56.4 Å². The molecule has 4 rings (SSSR count). The second-order valence-corrected chi connectivity index (χ2v) is 8.66. The van der Waals surface area contributed by atoms with Crippen molar-refractivity contribution in [3.8, 4) is 0 Å². The van der Waals surface area contributed by atoms with Gasteiger partial charge < -0.3 is 25.6 Å². The molecule has 0 radical (unpaired) electrons. The minimum atomic E-state index is -0.852. The van der Waals surface area contributed by atoms with Crippen molar-refractivity contribution in [3.63, 3.8) is 0 Å². The highest BCUT2D eigenvalue weighted by atomic mass is 19.1. The van der Waals surface area contributed by atoms with E-state index >= 15 is 0 Å². The van der Waals surface area contributed by atoms with Crippen molar-refractivity contribution in [1.82, 2.24) is 20.3 Å². The minimum Gasteiger partial charge on any atom is -0.394 e. The molecule has 4 N–H and O–H groups in total. The molecule has 32 heavy (non-hydrogen) atoms. The molecule has 0 unspecified atom stereocenters. The summed E-state index contributed by atoms with van der Waals surface area (Å²) < 4.78 is 20.7. The van der Waals surface area contributed by atoms with Crippen molar-refractivity contribution < 1.29 is 24.1 Å². The maximum atomic E-state index is 13.0. The van der Waals surface area contributed by atoms with Gasteiger partial charge >= 0.3 is 6.03 Å². The Morgan fingerprint density at radius 1 is 1.25 bits per heavy atom. The number of hydrogen-bond acceptors (Lipinski definition) is 6. The lowest BCUT2D eigenvalue weighted by atomic mass is 9.97. The van der Waals surface area contributed by atoms with Crippen LogP contribution in [0.1, 0.15) is 50.6 Å². The monoisotopic (exact) mass is 447 g/mol. The predicted molar refractivity (Wildman–Crippen MR) is 114 cm³/mol. The number of rotatable bonds is 7. The third-order valence-corrected chi connectivity index (χ3v) is 6.34. The fourth-order valence-electron chi connectivity index (χ4n) is 4.49. The normalized spacial score (nSPS) is 24.9. The molecule has 1 aromatic heterocycles. The Balaban J connectivity index is 1.25. The van der Waals surface area contributed by atoms with Crippen molar-refractivity contribution >= 4 is 11.7 Å². The van der Waals surface area contributed by atoms with Gasteiger partial charge in [0.2, 0.25) is 0 Å². The molecule has 3 atom stereocenters.